The van der Waals surface area contributed by atoms with E-state index < -0.39 is 29.6 Å². The van der Waals surface area contributed by atoms with E-state index in [2.05, 4.69) is 0 Å². The first-order valence-corrected chi connectivity index (χ1v) is 5.67. The number of carbonyl (C=O) groups excluding carboxylic acids is 1. The molecule has 0 rings (SSSR count). The van der Waals surface area contributed by atoms with Crippen molar-refractivity contribution in [3.8, 4) is 0 Å². The maximum absolute atomic E-state index is 12.6. The minimum atomic E-state index is -5.91. The molecule has 0 spiro atoms. The third-order valence-electron chi connectivity index (χ3n) is 2.56. The summed E-state index contributed by atoms with van der Waals surface area (Å²) in [5, 5.41) is 1.58. The summed E-state index contributed by atoms with van der Waals surface area (Å²) >= 11 is 0. The van der Waals surface area contributed by atoms with Gasteiger partial charge in [-0.1, -0.05) is 13.8 Å². The average molecular weight is 293 g/mol. The quantitative estimate of drug-likeness (QED) is 0.809. The Hall–Kier alpha value is -0.920. The predicted molar refractivity (Wildman–Crippen MR) is 61.0 cm³/mol. The first kappa shape index (κ1) is 20.4. The number of carbonyl (C=O) groups is 1. The molecule has 0 aliphatic heterocycles. The Balaban J connectivity index is 0. The van der Waals surface area contributed by atoms with E-state index in [0.717, 1.165) is 0 Å². The van der Waals surface area contributed by atoms with Crippen LogP contribution in [0.1, 0.15) is 34.6 Å². The Morgan fingerprint density at radius 2 is 1.47 bits per heavy atom. The van der Waals surface area contributed by atoms with Crippen LogP contribution in [0.15, 0.2) is 0 Å². The molecule has 0 saturated carbocycles. The van der Waals surface area contributed by atoms with Gasteiger partial charge in [0.2, 0.25) is 0 Å². The van der Waals surface area contributed by atoms with Crippen molar-refractivity contribution in [2.24, 2.45) is 0 Å². The summed E-state index contributed by atoms with van der Waals surface area (Å²) in [6.45, 7) is 8.17. The molecular weight excluding hydrogens is 273 g/mol. The van der Waals surface area contributed by atoms with Crippen molar-refractivity contribution in [2.45, 2.75) is 58.4 Å². The van der Waals surface area contributed by atoms with E-state index in [9.17, 15) is 26.7 Å². The highest BCUT2D eigenvalue weighted by Gasteiger charge is 2.63. The van der Waals surface area contributed by atoms with Crippen LogP contribution >= 0.6 is 0 Å². The number of methoxy groups -OCH3 is 1. The van der Waals surface area contributed by atoms with Gasteiger partial charge in [-0.05, 0) is 20.8 Å². The van der Waals surface area contributed by atoms with Gasteiger partial charge in [-0.2, -0.15) is 22.0 Å². The highest BCUT2D eigenvalue weighted by atomic mass is 19.4. The van der Waals surface area contributed by atoms with Gasteiger partial charge in [-0.25, -0.2) is 0 Å². The molecule has 0 aromatic rings. The highest BCUT2D eigenvalue weighted by molar-refractivity contribution is 5.84. The lowest BCUT2D eigenvalue weighted by Crippen LogP contribution is -2.57. The van der Waals surface area contributed by atoms with Crippen LogP contribution in [0.3, 0.4) is 0 Å². The Morgan fingerprint density at radius 3 is 1.74 bits per heavy atom. The summed E-state index contributed by atoms with van der Waals surface area (Å²) in [4.78, 5) is 10.8. The number of halogens is 5. The van der Waals surface area contributed by atoms with Crippen LogP contribution in [-0.4, -0.2) is 36.8 Å². The van der Waals surface area contributed by atoms with E-state index >= 15 is 0 Å². The minimum absolute atomic E-state index is 1.01. The number of hydrogen-bond acceptors (Lipinski definition) is 2. The summed E-state index contributed by atoms with van der Waals surface area (Å²) in [5.41, 5.74) is -1.06. The molecule has 0 heterocycles. The topological polar surface area (TPSA) is 38.3 Å². The van der Waals surface area contributed by atoms with Crippen LogP contribution in [0.5, 0.6) is 0 Å². The van der Waals surface area contributed by atoms with Crippen LogP contribution in [0.2, 0.25) is 0 Å². The van der Waals surface area contributed by atoms with Crippen molar-refractivity contribution in [1.29, 1.82) is 0 Å². The molecule has 1 amide bonds. The van der Waals surface area contributed by atoms with E-state index in [1.807, 2.05) is 13.8 Å². The van der Waals surface area contributed by atoms with Gasteiger partial charge in [0, 0.05) is 7.11 Å². The zero-order valence-corrected chi connectivity index (χ0v) is 11.8. The van der Waals surface area contributed by atoms with E-state index in [0.29, 0.717) is 0 Å². The SMILES string of the molecule is CC.COC(C)(C)C(C)NC(=O)C(F)(F)C(F)(F)F. The number of rotatable bonds is 4. The molecule has 0 aromatic carbocycles. The van der Waals surface area contributed by atoms with Crippen molar-refractivity contribution in [2.75, 3.05) is 7.11 Å². The van der Waals surface area contributed by atoms with Gasteiger partial charge in [-0.15, -0.1) is 0 Å². The average Bonchev–Trinajstić information content (AvgIpc) is 2.29. The second-order valence-corrected chi connectivity index (χ2v) is 4.07. The van der Waals surface area contributed by atoms with Gasteiger partial charge < -0.3 is 10.1 Å². The lowest BCUT2D eigenvalue weighted by atomic mass is 10.00. The van der Waals surface area contributed by atoms with E-state index in [-0.39, 0.29) is 0 Å². The van der Waals surface area contributed by atoms with Crippen LogP contribution in [-0.2, 0) is 9.53 Å². The molecule has 3 nitrogen and oxygen atoms in total. The minimum Gasteiger partial charge on any atom is -0.377 e. The normalized spacial score (nSPS) is 14.3. The fourth-order valence-electron chi connectivity index (χ4n) is 0.767. The molecular formula is C11H20F5NO2. The molecule has 8 heteroatoms. The van der Waals surface area contributed by atoms with Crippen LogP contribution in [0.4, 0.5) is 22.0 Å². The maximum atomic E-state index is 12.6. The summed E-state index contributed by atoms with van der Waals surface area (Å²) in [5.74, 6) is -7.80. The van der Waals surface area contributed by atoms with Crippen molar-refractivity contribution in [3.05, 3.63) is 0 Å². The second kappa shape index (κ2) is 7.02. The zero-order valence-electron chi connectivity index (χ0n) is 11.8. The first-order valence-electron chi connectivity index (χ1n) is 5.67. The molecule has 0 bridgehead atoms. The monoisotopic (exact) mass is 293 g/mol. The third kappa shape index (κ3) is 5.30. The van der Waals surface area contributed by atoms with Gasteiger partial charge in [0.15, 0.2) is 0 Å². The van der Waals surface area contributed by atoms with Gasteiger partial charge in [0.05, 0.1) is 11.6 Å². The number of amides is 1. The Kier molecular flexibility index (Phi) is 7.54. The Bertz CT molecular complexity index is 289. The summed E-state index contributed by atoms with van der Waals surface area (Å²) in [6.07, 6.45) is -5.91. The number of ether oxygens (including phenoxy) is 1. The molecule has 0 aliphatic carbocycles. The van der Waals surface area contributed by atoms with Crippen molar-refractivity contribution in [1.82, 2.24) is 5.32 Å². The molecule has 0 aliphatic rings. The highest BCUT2D eigenvalue weighted by Crippen LogP contribution is 2.35. The Labute approximate surface area is 109 Å². The second-order valence-electron chi connectivity index (χ2n) is 4.07. The lowest BCUT2D eigenvalue weighted by Gasteiger charge is -2.32. The van der Waals surface area contributed by atoms with Gasteiger partial charge in [-0.3, -0.25) is 4.79 Å². The molecule has 0 saturated heterocycles. The van der Waals surface area contributed by atoms with Crippen LogP contribution in [0.25, 0.3) is 0 Å². The van der Waals surface area contributed by atoms with Gasteiger partial charge >= 0.3 is 18.0 Å². The number of hydrogen-bond donors (Lipinski definition) is 1. The number of nitrogens with one attached hydrogen (secondary N) is 1. The van der Waals surface area contributed by atoms with Gasteiger partial charge in [0.25, 0.3) is 0 Å². The van der Waals surface area contributed by atoms with Crippen molar-refractivity contribution >= 4 is 5.91 Å². The molecule has 19 heavy (non-hydrogen) atoms. The zero-order chi connectivity index (χ0) is 16.1. The van der Waals surface area contributed by atoms with E-state index in [1.165, 1.54) is 27.9 Å². The van der Waals surface area contributed by atoms with Gasteiger partial charge in [0.1, 0.15) is 0 Å². The van der Waals surface area contributed by atoms with E-state index in [4.69, 9.17) is 4.74 Å². The summed E-state index contributed by atoms with van der Waals surface area (Å²) < 4.78 is 65.7. The summed E-state index contributed by atoms with van der Waals surface area (Å²) in [7, 11) is 1.25. The summed E-state index contributed by atoms with van der Waals surface area (Å²) in [6, 6.07) is -1.01. The number of alkyl halides is 5. The van der Waals surface area contributed by atoms with Crippen LogP contribution in [0, 0.1) is 0 Å². The molecule has 1 N–H and O–H groups in total. The fraction of sp³-hybridized carbons (Fsp3) is 0.909. The van der Waals surface area contributed by atoms with Crippen molar-refractivity contribution in [3.63, 3.8) is 0 Å². The fourth-order valence-corrected chi connectivity index (χ4v) is 0.767. The molecule has 1 atom stereocenters. The third-order valence-corrected chi connectivity index (χ3v) is 2.56. The standard InChI is InChI=1S/C9H14F5NO2.C2H6/c1-5(7(2,3)17-4)15-6(16)8(10,11)9(12,13)14;1-2/h5H,1-4H3,(H,15,16);1-2H3. The molecule has 1 unspecified atom stereocenters. The lowest BCUT2D eigenvalue weighted by molar-refractivity contribution is -0.270. The van der Waals surface area contributed by atoms with E-state index in [1.54, 1.807) is 5.32 Å². The Morgan fingerprint density at radius 1 is 1.11 bits per heavy atom. The molecule has 0 aromatic heterocycles. The predicted octanol–water partition coefficient (Wildman–Crippen LogP) is 3.14. The van der Waals surface area contributed by atoms with Crippen LogP contribution < -0.4 is 5.32 Å². The smallest absolute Gasteiger partial charge is 0.377 e. The molecule has 0 fully saturated rings. The van der Waals surface area contributed by atoms with Crippen molar-refractivity contribution < 1.29 is 31.5 Å². The first-order chi connectivity index (χ1) is 8.36. The maximum Gasteiger partial charge on any atom is 0.463 e. The molecule has 0 radical (unpaired) electrons. The largest absolute Gasteiger partial charge is 0.463 e. The molecule has 116 valence electrons.